The summed E-state index contributed by atoms with van der Waals surface area (Å²) in [6, 6.07) is 9.33. The maximum atomic E-state index is 10.6. The van der Waals surface area contributed by atoms with Gasteiger partial charge in [0.25, 0.3) is 0 Å². The number of benzene rings is 1. The van der Waals surface area contributed by atoms with Crippen LogP contribution in [0.25, 0.3) is 17.0 Å². The topological polar surface area (TPSA) is 140 Å². The van der Waals surface area contributed by atoms with E-state index in [0.717, 1.165) is 35.7 Å². The quantitative estimate of drug-likeness (QED) is 0.186. The highest BCUT2D eigenvalue weighted by atomic mass is 35.5. The van der Waals surface area contributed by atoms with Crippen LogP contribution in [-0.4, -0.2) is 83.5 Å². The number of allylic oxidation sites excluding steroid dienone is 2. The maximum Gasteiger partial charge on any atom is 0.163 e. The van der Waals surface area contributed by atoms with Gasteiger partial charge in [0.1, 0.15) is 35.9 Å². The average Bonchev–Trinajstić information content (AvgIpc) is 3.36. The Morgan fingerprint density at radius 1 is 1.14 bits per heavy atom. The van der Waals surface area contributed by atoms with Crippen molar-refractivity contribution in [3.63, 3.8) is 0 Å². The first-order chi connectivity index (χ1) is 20.6. The molecule has 2 aliphatic heterocycles. The van der Waals surface area contributed by atoms with Gasteiger partial charge >= 0.3 is 0 Å². The lowest BCUT2D eigenvalue weighted by Crippen LogP contribution is -2.52. The van der Waals surface area contributed by atoms with Crippen molar-refractivity contribution in [1.29, 1.82) is 5.41 Å². The number of hydrogen-bond acceptors (Lipinski definition) is 11. The van der Waals surface area contributed by atoms with Crippen LogP contribution in [0, 0.1) is 12.3 Å². The summed E-state index contributed by atoms with van der Waals surface area (Å²) >= 11 is 6.68. The highest BCUT2D eigenvalue weighted by molar-refractivity contribution is 6.33. The normalized spacial score (nSPS) is 16.1. The van der Waals surface area contributed by atoms with Crippen molar-refractivity contribution in [1.82, 2.24) is 20.3 Å². The van der Waals surface area contributed by atoms with E-state index >= 15 is 0 Å². The number of nitrogens with zero attached hydrogens (tertiary/aromatic N) is 5. The van der Waals surface area contributed by atoms with Crippen LogP contribution in [0.3, 0.4) is 0 Å². The number of nitrogens with one attached hydrogen (secondary N) is 2. The molecule has 4 heterocycles. The lowest BCUT2D eigenvalue weighted by atomic mass is 10.0. The van der Waals surface area contributed by atoms with E-state index in [0.29, 0.717) is 58.9 Å². The molecule has 1 atom stereocenters. The second-order valence-corrected chi connectivity index (χ2v) is 11.4. The number of methoxy groups -OCH3 is 1. The fourth-order valence-corrected chi connectivity index (χ4v) is 5.59. The van der Waals surface area contributed by atoms with Crippen molar-refractivity contribution in [2.24, 2.45) is 0 Å². The Kier molecular flexibility index (Phi) is 9.16. The number of aliphatic hydroxyl groups excluding tert-OH is 2. The van der Waals surface area contributed by atoms with E-state index in [9.17, 15) is 10.2 Å². The molecular formula is C31H38ClN7O4. The van der Waals surface area contributed by atoms with Gasteiger partial charge in [0.2, 0.25) is 0 Å². The standard InChI is InChI=1S/C31H38ClN7O4/c1-17-29(28(18(2)33)19(3)40)36-30(24-10-22(7-8-25(24)32)43-16-21(41)11-34-4)37-31(17)39-12-20-6-9-27(35-26(20)15-39)38-13-23(14-38)42-5/h6-10,21,23,33-34,40-41H,11-16H2,1-5H3/b28-19+,33-18?/t21-/m1/s1. The first kappa shape index (κ1) is 30.7. The Balaban J connectivity index is 1.53. The first-order valence-electron chi connectivity index (χ1n) is 14.2. The molecule has 0 bridgehead atoms. The summed E-state index contributed by atoms with van der Waals surface area (Å²) in [7, 11) is 3.49. The van der Waals surface area contributed by atoms with Gasteiger partial charge in [-0.3, -0.25) is 0 Å². The molecule has 0 unspecified atom stereocenters. The number of aromatic nitrogens is 3. The summed E-state index contributed by atoms with van der Waals surface area (Å²) < 4.78 is 11.2. The minimum absolute atomic E-state index is 0.00664. The lowest BCUT2D eigenvalue weighted by molar-refractivity contribution is 0.0783. The zero-order chi connectivity index (χ0) is 30.8. The Morgan fingerprint density at radius 2 is 1.91 bits per heavy atom. The molecule has 5 rings (SSSR count). The smallest absolute Gasteiger partial charge is 0.163 e. The van der Waals surface area contributed by atoms with E-state index in [1.807, 2.05) is 13.0 Å². The monoisotopic (exact) mass is 607 g/mol. The largest absolute Gasteiger partial charge is 0.512 e. The highest BCUT2D eigenvalue weighted by Crippen LogP contribution is 2.37. The minimum atomic E-state index is -0.679. The van der Waals surface area contributed by atoms with Crippen LogP contribution >= 0.6 is 11.6 Å². The molecule has 2 aliphatic rings. The third-order valence-electron chi connectivity index (χ3n) is 7.72. The Morgan fingerprint density at radius 3 is 2.58 bits per heavy atom. The van der Waals surface area contributed by atoms with Gasteiger partial charge in [-0.1, -0.05) is 17.7 Å². The van der Waals surface area contributed by atoms with Crippen molar-refractivity contribution in [3.05, 3.63) is 63.6 Å². The first-order valence-corrected chi connectivity index (χ1v) is 14.6. The van der Waals surface area contributed by atoms with Crippen LogP contribution in [-0.2, 0) is 17.8 Å². The Bertz CT molecular complexity index is 1550. The van der Waals surface area contributed by atoms with Gasteiger partial charge in [-0.15, -0.1) is 0 Å². The number of likely N-dealkylation sites (N-methyl/N-ethyl adjacent to an activating group) is 1. The van der Waals surface area contributed by atoms with Crippen molar-refractivity contribution in [2.45, 2.75) is 46.1 Å². The minimum Gasteiger partial charge on any atom is -0.512 e. The van der Waals surface area contributed by atoms with E-state index < -0.39 is 6.10 Å². The molecule has 11 nitrogen and oxygen atoms in total. The van der Waals surface area contributed by atoms with Gasteiger partial charge in [0.15, 0.2) is 5.82 Å². The predicted molar refractivity (Wildman–Crippen MR) is 168 cm³/mol. The molecule has 3 aromatic rings. The number of ether oxygens (including phenoxy) is 2. The van der Waals surface area contributed by atoms with Gasteiger partial charge in [-0.25, -0.2) is 15.0 Å². The highest BCUT2D eigenvalue weighted by Gasteiger charge is 2.31. The Hall–Kier alpha value is -3.77. The lowest BCUT2D eigenvalue weighted by Gasteiger charge is -2.39. The third kappa shape index (κ3) is 6.45. The van der Waals surface area contributed by atoms with Crippen LogP contribution in [0.1, 0.15) is 36.4 Å². The van der Waals surface area contributed by atoms with E-state index in [1.165, 1.54) is 0 Å². The summed E-state index contributed by atoms with van der Waals surface area (Å²) in [5.74, 6) is 2.42. The summed E-state index contributed by atoms with van der Waals surface area (Å²) in [5.41, 5.74) is 4.32. The fourth-order valence-electron chi connectivity index (χ4n) is 5.39. The second kappa shape index (κ2) is 12.8. The number of hydrogen-bond donors (Lipinski definition) is 4. The van der Waals surface area contributed by atoms with Crippen LogP contribution in [0.5, 0.6) is 5.75 Å². The molecule has 228 valence electrons. The van der Waals surface area contributed by atoms with Gasteiger partial charge in [-0.05, 0) is 57.6 Å². The molecular weight excluding hydrogens is 570 g/mol. The SMILES string of the molecule is CNC[C@@H](O)COc1ccc(Cl)c(-c2nc(/C(C(C)=N)=C(\C)O)c(C)c(N3Cc4ccc(N5CC(OC)C5)nc4C3)n2)c1. The molecule has 1 saturated heterocycles. The van der Waals surface area contributed by atoms with Crippen LogP contribution in [0.2, 0.25) is 5.02 Å². The van der Waals surface area contributed by atoms with E-state index in [2.05, 4.69) is 21.2 Å². The molecule has 0 amide bonds. The number of anilines is 2. The second-order valence-electron chi connectivity index (χ2n) is 11.0. The Labute approximate surface area is 256 Å². The van der Waals surface area contributed by atoms with Crippen molar-refractivity contribution < 1.29 is 19.7 Å². The van der Waals surface area contributed by atoms with Gasteiger partial charge in [0, 0.05) is 50.1 Å². The number of aliphatic hydroxyl groups is 2. The zero-order valence-electron chi connectivity index (χ0n) is 25.1. The van der Waals surface area contributed by atoms with Crippen LogP contribution in [0.15, 0.2) is 36.1 Å². The zero-order valence-corrected chi connectivity index (χ0v) is 25.9. The molecule has 12 heteroatoms. The predicted octanol–water partition coefficient (Wildman–Crippen LogP) is 4.14. The van der Waals surface area contributed by atoms with Gasteiger partial charge < -0.3 is 40.2 Å². The van der Waals surface area contributed by atoms with Crippen molar-refractivity contribution >= 4 is 34.5 Å². The molecule has 0 saturated carbocycles. The van der Waals surface area contributed by atoms with Gasteiger partial charge in [-0.2, -0.15) is 0 Å². The molecule has 0 aliphatic carbocycles. The summed E-state index contributed by atoms with van der Waals surface area (Å²) in [4.78, 5) is 19.1. The van der Waals surface area contributed by atoms with Crippen LogP contribution < -0.4 is 19.9 Å². The molecule has 1 fully saturated rings. The molecule has 43 heavy (non-hydrogen) atoms. The fraction of sp³-hybridized carbons (Fsp3) is 0.419. The number of fused-ring (bicyclic) bond motifs is 1. The van der Waals surface area contributed by atoms with Gasteiger partial charge in [0.05, 0.1) is 34.6 Å². The molecule has 2 aromatic heterocycles. The third-order valence-corrected chi connectivity index (χ3v) is 8.04. The summed E-state index contributed by atoms with van der Waals surface area (Å²) in [6.45, 7) is 8.35. The van der Waals surface area contributed by atoms with E-state index in [4.69, 9.17) is 41.4 Å². The summed E-state index contributed by atoms with van der Waals surface area (Å²) in [6.07, 6.45) is -0.446. The van der Waals surface area contributed by atoms with Crippen molar-refractivity contribution in [2.75, 3.05) is 50.2 Å². The number of rotatable bonds is 11. The maximum absolute atomic E-state index is 10.6. The average molecular weight is 608 g/mol. The molecule has 1 aromatic carbocycles. The van der Waals surface area contributed by atoms with E-state index in [-0.39, 0.29) is 24.2 Å². The molecule has 4 N–H and O–H groups in total. The molecule has 0 spiro atoms. The van der Waals surface area contributed by atoms with Crippen molar-refractivity contribution in [3.8, 4) is 17.1 Å². The number of pyridine rings is 1. The summed E-state index contributed by atoms with van der Waals surface area (Å²) in [5, 5.41) is 32.4. The van der Waals surface area contributed by atoms with E-state index in [1.54, 1.807) is 46.2 Å². The number of halogens is 1. The molecule has 0 radical (unpaired) electrons. The van der Waals surface area contributed by atoms with Crippen LogP contribution in [0.4, 0.5) is 11.6 Å².